The molecular weight excluding hydrogens is 375 g/mol. The van der Waals surface area contributed by atoms with Crippen molar-refractivity contribution < 1.29 is 4.79 Å². The van der Waals surface area contributed by atoms with Gasteiger partial charge >= 0.3 is 0 Å². The van der Waals surface area contributed by atoms with E-state index < -0.39 is 0 Å². The number of carbonyl (C=O) groups excluding carboxylic acids is 1. The van der Waals surface area contributed by atoms with Gasteiger partial charge in [-0.1, -0.05) is 6.92 Å². The maximum absolute atomic E-state index is 11.9. The Morgan fingerprint density at radius 3 is 2.81 bits per heavy atom. The minimum absolute atomic E-state index is 0.0398. The van der Waals surface area contributed by atoms with Crippen molar-refractivity contribution in [3.8, 4) is 0 Å². The van der Waals surface area contributed by atoms with Gasteiger partial charge in [-0.15, -0.1) is 0 Å². The molecule has 1 heterocycles. The molecule has 0 saturated carbocycles. The Balaban J connectivity index is 1.59. The van der Waals surface area contributed by atoms with Crippen molar-refractivity contribution in [3.05, 3.63) is 33.4 Å². The second kappa shape index (κ2) is 8.73. The molecule has 1 saturated heterocycles. The van der Waals surface area contributed by atoms with Gasteiger partial charge in [0, 0.05) is 22.2 Å². The van der Waals surface area contributed by atoms with Crippen molar-refractivity contribution >= 4 is 28.5 Å². The summed E-state index contributed by atoms with van der Waals surface area (Å²) in [6.45, 7) is 6.78. The van der Waals surface area contributed by atoms with Crippen LogP contribution in [-0.4, -0.2) is 37.0 Å². The van der Waals surface area contributed by atoms with Crippen molar-refractivity contribution in [2.75, 3.05) is 26.2 Å². The van der Waals surface area contributed by atoms with E-state index in [1.54, 1.807) is 0 Å². The molecule has 3 nitrogen and oxygen atoms in total. The number of halogens is 1. The van der Waals surface area contributed by atoms with Gasteiger partial charge in [0.1, 0.15) is 0 Å². The fourth-order valence-corrected chi connectivity index (χ4v) is 3.22. The minimum Gasteiger partial charge on any atom is -0.352 e. The van der Waals surface area contributed by atoms with Crippen LogP contribution in [0.15, 0.2) is 24.3 Å². The first-order chi connectivity index (χ1) is 10.1. The number of likely N-dealkylation sites (tertiary alicyclic amines) is 1. The predicted octanol–water partition coefficient (Wildman–Crippen LogP) is 3.53. The summed E-state index contributed by atoms with van der Waals surface area (Å²) in [6, 6.07) is 7.69. The first-order valence-corrected chi connectivity index (χ1v) is 8.99. The lowest BCUT2D eigenvalue weighted by Crippen LogP contribution is -2.35. The van der Waals surface area contributed by atoms with Gasteiger partial charge in [0.05, 0.1) is 0 Å². The molecule has 0 radical (unpaired) electrons. The number of benzene rings is 1. The summed E-state index contributed by atoms with van der Waals surface area (Å²) in [6.07, 6.45) is 4.94. The molecule has 1 atom stereocenters. The van der Waals surface area contributed by atoms with E-state index in [-0.39, 0.29) is 5.91 Å². The number of piperidine rings is 1. The lowest BCUT2D eigenvalue weighted by atomic mass is 10.0. The van der Waals surface area contributed by atoms with E-state index in [0.717, 1.165) is 28.0 Å². The molecule has 1 aromatic carbocycles. The average Bonchev–Trinajstić information content (AvgIpc) is 2.47. The first kappa shape index (κ1) is 16.7. The average molecular weight is 400 g/mol. The Bertz CT molecular complexity index is 447. The number of nitrogens with one attached hydrogen (secondary N) is 1. The van der Waals surface area contributed by atoms with E-state index in [2.05, 4.69) is 39.7 Å². The van der Waals surface area contributed by atoms with Gasteiger partial charge in [-0.2, -0.15) is 0 Å². The SMILES string of the molecule is CC1CCCN(CCCCNC(=O)c2ccc(I)cc2)C1. The van der Waals surface area contributed by atoms with Crippen molar-refractivity contribution in [2.45, 2.75) is 32.6 Å². The zero-order valence-corrected chi connectivity index (χ0v) is 14.9. The fraction of sp³-hybridized carbons (Fsp3) is 0.588. The van der Waals surface area contributed by atoms with Crippen LogP contribution in [0.2, 0.25) is 0 Å². The number of nitrogens with zero attached hydrogens (tertiary/aromatic N) is 1. The Kier molecular flexibility index (Phi) is 6.96. The van der Waals surface area contributed by atoms with Gasteiger partial charge in [0.2, 0.25) is 0 Å². The Labute approximate surface area is 141 Å². The van der Waals surface area contributed by atoms with Gasteiger partial charge in [-0.3, -0.25) is 4.79 Å². The smallest absolute Gasteiger partial charge is 0.251 e. The molecule has 4 heteroatoms. The van der Waals surface area contributed by atoms with E-state index in [1.807, 2.05) is 24.3 Å². The van der Waals surface area contributed by atoms with E-state index in [9.17, 15) is 4.79 Å². The molecule has 1 amide bonds. The lowest BCUT2D eigenvalue weighted by Gasteiger charge is -2.30. The highest BCUT2D eigenvalue weighted by Crippen LogP contribution is 2.15. The first-order valence-electron chi connectivity index (χ1n) is 7.91. The largest absolute Gasteiger partial charge is 0.352 e. The molecule has 1 unspecified atom stereocenters. The van der Waals surface area contributed by atoms with Crippen LogP contribution in [0, 0.1) is 9.49 Å². The van der Waals surface area contributed by atoms with Gasteiger partial charge in [-0.05, 0) is 91.5 Å². The van der Waals surface area contributed by atoms with Crippen LogP contribution in [0.1, 0.15) is 43.0 Å². The fourth-order valence-electron chi connectivity index (χ4n) is 2.86. The van der Waals surface area contributed by atoms with E-state index in [0.29, 0.717) is 0 Å². The lowest BCUT2D eigenvalue weighted by molar-refractivity contribution is 0.0952. The van der Waals surface area contributed by atoms with Crippen LogP contribution in [0.3, 0.4) is 0 Å². The van der Waals surface area contributed by atoms with Crippen LogP contribution in [-0.2, 0) is 0 Å². The third-order valence-corrected chi connectivity index (χ3v) is 4.75. The van der Waals surface area contributed by atoms with Crippen LogP contribution in [0.5, 0.6) is 0 Å². The van der Waals surface area contributed by atoms with E-state index in [1.165, 1.54) is 38.9 Å². The Morgan fingerprint density at radius 2 is 2.10 bits per heavy atom. The maximum Gasteiger partial charge on any atom is 0.251 e. The number of hydrogen-bond donors (Lipinski definition) is 1. The van der Waals surface area contributed by atoms with Crippen LogP contribution < -0.4 is 5.32 Å². The second-order valence-corrected chi connectivity index (χ2v) is 7.26. The van der Waals surface area contributed by atoms with E-state index in [4.69, 9.17) is 0 Å². The van der Waals surface area contributed by atoms with Gasteiger partial charge in [0.25, 0.3) is 5.91 Å². The molecule has 1 N–H and O–H groups in total. The molecular formula is C17H25IN2O. The highest BCUT2D eigenvalue weighted by Gasteiger charge is 2.15. The van der Waals surface area contributed by atoms with Gasteiger partial charge in [-0.25, -0.2) is 0 Å². The summed E-state index contributed by atoms with van der Waals surface area (Å²) >= 11 is 2.25. The van der Waals surface area contributed by atoms with Gasteiger partial charge < -0.3 is 10.2 Å². The molecule has 1 aliphatic heterocycles. The summed E-state index contributed by atoms with van der Waals surface area (Å²) in [4.78, 5) is 14.5. The number of amides is 1. The topological polar surface area (TPSA) is 32.3 Å². The molecule has 1 aromatic rings. The van der Waals surface area contributed by atoms with Crippen molar-refractivity contribution in [2.24, 2.45) is 5.92 Å². The highest BCUT2D eigenvalue weighted by atomic mass is 127. The summed E-state index contributed by atoms with van der Waals surface area (Å²) in [5.41, 5.74) is 0.750. The van der Waals surface area contributed by atoms with Gasteiger partial charge in [0.15, 0.2) is 0 Å². The number of hydrogen-bond acceptors (Lipinski definition) is 2. The molecule has 1 fully saturated rings. The zero-order chi connectivity index (χ0) is 15.1. The molecule has 0 bridgehead atoms. The number of carbonyl (C=O) groups is 1. The zero-order valence-electron chi connectivity index (χ0n) is 12.8. The summed E-state index contributed by atoms with van der Waals surface area (Å²) < 4.78 is 1.15. The predicted molar refractivity (Wildman–Crippen MR) is 95.6 cm³/mol. The Morgan fingerprint density at radius 1 is 1.33 bits per heavy atom. The summed E-state index contributed by atoms with van der Waals surface area (Å²) in [5, 5.41) is 3.01. The van der Waals surface area contributed by atoms with Crippen molar-refractivity contribution in [1.29, 1.82) is 0 Å². The molecule has 0 spiro atoms. The molecule has 1 aliphatic rings. The highest BCUT2D eigenvalue weighted by molar-refractivity contribution is 14.1. The summed E-state index contributed by atoms with van der Waals surface area (Å²) in [5.74, 6) is 0.886. The normalized spacial score (nSPS) is 19.4. The maximum atomic E-state index is 11.9. The third kappa shape index (κ3) is 5.94. The number of rotatable bonds is 6. The molecule has 116 valence electrons. The van der Waals surface area contributed by atoms with Crippen LogP contribution in [0.25, 0.3) is 0 Å². The van der Waals surface area contributed by atoms with Crippen LogP contribution in [0.4, 0.5) is 0 Å². The van der Waals surface area contributed by atoms with E-state index >= 15 is 0 Å². The molecule has 0 aliphatic carbocycles. The Hall–Kier alpha value is -0.620. The monoisotopic (exact) mass is 400 g/mol. The standard InChI is InChI=1S/C17H25IN2O/c1-14-5-4-12-20(13-14)11-3-2-10-19-17(21)15-6-8-16(18)9-7-15/h6-9,14H,2-5,10-13H2,1H3,(H,19,21). The van der Waals surface area contributed by atoms with Crippen LogP contribution >= 0.6 is 22.6 Å². The molecule has 21 heavy (non-hydrogen) atoms. The minimum atomic E-state index is 0.0398. The third-order valence-electron chi connectivity index (χ3n) is 4.03. The molecule has 2 rings (SSSR count). The quantitative estimate of drug-likeness (QED) is 0.586. The van der Waals surface area contributed by atoms with Crippen molar-refractivity contribution in [3.63, 3.8) is 0 Å². The second-order valence-electron chi connectivity index (χ2n) is 6.02. The molecule has 0 aromatic heterocycles. The summed E-state index contributed by atoms with van der Waals surface area (Å²) in [7, 11) is 0. The number of unbranched alkanes of at least 4 members (excludes halogenated alkanes) is 1. The van der Waals surface area contributed by atoms with Crippen molar-refractivity contribution in [1.82, 2.24) is 10.2 Å².